The van der Waals surface area contributed by atoms with E-state index in [1.807, 2.05) is 31.9 Å². The smallest absolute Gasteiger partial charge is 0.410 e. The molecule has 1 aromatic rings. The van der Waals surface area contributed by atoms with Crippen LogP contribution in [-0.2, 0) is 4.74 Å². The van der Waals surface area contributed by atoms with E-state index in [-0.39, 0.29) is 12.1 Å². The molecule has 0 aromatic carbocycles. The Hall–Kier alpha value is -1.78. The molecule has 0 spiro atoms. The van der Waals surface area contributed by atoms with Crippen LogP contribution in [-0.4, -0.2) is 41.2 Å². The van der Waals surface area contributed by atoms with E-state index in [1.54, 1.807) is 0 Å². The highest BCUT2D eigenvalue weighted by molar-refractivity contribution is 5.69. The molecule has 26 heavy (non-hydrogen) atoms. The van der Waals surface area contributed by atoms with E-state index in [9.17, 15) is 4.79 Å². The molecule has 0 saturated carbocycles. The Morgan fingerprint density at radius 2 is 1.73 bits per heavy atom. The van der Waals surface area contributed by atoms with Crippen molar-refractivity contribution in [3.63, 3.8) is 0 Å². The molecule has 0 bridgehead atoms. The molecule has 3 rings (SSSR count). The largest absolute Gasteiger partial charge is 0.444 e. The molecule has 5 nitrogen and oxygen atoms in total. The Kier molecular flexibility index (Phi) is 6.05. The van der Waals surface area contributed by atoms with E-state index in [2.05, 4.69) is 17.0 Å². The van der Waals surface area contributed by atoms with Crippen molar-refractivity contribution in [3.8, 4) is 0 Å². The van der Waals surface area contributed by atoms with Gasteiger partial charge in [-0.3, -0.25) is 0 Å². The molecular formula is C21H33N3O2. The van der Waals surface area contributed by atoms with Crippen LogP contribution in [0.3, 0.4) is 0 Å². The van der Waals surface area contributed by atoms with Gasteiger partial charge in [0.25, 0.3) is 0 Å². The number of amides is 1. The Balaban J connectivity index is 1.72. The van der Waals surface area contributed by atoms with Crippen molar-refractivity contribution >= 4 is 11.9 Å². The standard InChI is InChI=1S/C21H33N3O2/c1-21(2,3)26-20(25)24-15-9-6-10-18(24)17-11-12-19(22-16-17)23-13-7-4-5-8-14-23/h11-12,16,18H,4-10,13-15H2,1-3H3/t18-/m1/s1. The van der Waals surface area contributed by atoms with E-state index in [4.69, 9.17) is 9.72 Å². The third kappa shape index (κ3) is 4.89. The van der Waals surface area contributed by atoms with Gasteiger partial charge in [0.2, 0.25) is 0 Å². The van der Waals surface area contributed by atoms with Gasteiger partial charge in [0.05, 0.1) is 6.04 Å². The topological polar surface area (TPSA) is 45.7 Å². The second-order valence-corrected chi connectivity index (χ2v) is 8.54. The first-order chi connectivity index (χ1) is 12.4. The molecule has 2 aliphatic heterocycles. The fourth-order valence-electron chi connectivity index (χ4n) is 3.90. The predicted molar refractivity (Wildman–Crippen MR) is 104 cm³/mol. The molecule has 0 unspecified atom stereocenters. The first-order valence-electron chi connectivity index (χ1n) is 10.1. The number of carbonyl (C=O) groups excluding carboxylic acids is 1. The van der Waals surface area contributed by atoms with Gasteiger partial charge in [-0.15, -0.1) is 0 Å². The van der Waals surface area contributed by atoms with Crippen molar-refractivity contribution in [2.24, 2.45) is 0 Å². The molecule has 2 aliphatic rings. The molecule has 2 fully saturated rings. The number of hydrogen-bond acceptors (Lipinski definition) is 4. The summed E-state index contributed by atoms with van der Waals surface area (Å²) in [6.45, 7) is 8.71. The van der Waals surface area contributed by atoms with Gasteiger partial charge < -0.3 is 14.5 Å². The molecule has 3 heterocycles. The summed E-state index contributed by atoms with van der Waals surface area (Å²) in [7, 11) is 0. The van der Waals surface area contributed by atoms with Crippen molar-refractivity contribution < 1.29 is 9.53 Å². The van der Waals surface area contributed by atoms with Crippen molar-refractivity contribution in [2.45, 2.75) is 77.4 Å². The summed E-state index contributed by atoms with van der Waals surface area (Å²) in [5.41, 5.74) is 0.655. The van der Waals surface area contributed by atoms with Crippen LogP contribution in [0, 0.1) is 0 Å². The number of pyridine rings is 1. The summed E-state index contributed by atoms with van der Waals surface area (Å²) < 4.78 is 5.62. The van der Waals surface area contributed by atoms with Crippen molar-refractivity contribution in [1.82, 2.24) is 9.88 Å². The van der Waals surface area contributed by atoms with Crippen LogP contribution in [0.25, 0.3) is 0 Å². The highest BCUT2D eigenvalue weighted by Gasteiger charge is 2.31. The lowest BCUT2D eigenvalue weighted by molar-refractivity contribution is 0.00948. The normalized spacial score (nSPS) is 22.0. The van der Waals surface area contributed by atoms with E-state index >= 15 is 0 Å². The average molecular weight is 360 g/mol. The minimum Gasteiger partial charge on any atom is -0.444 e. The summed E-state index contributed by atoms with van der Waals surface area (Å²) in [4.78, 5) is 21.6. The lowest BCUT2D eigenvalue weighted by Gasteiger charge is -2.37. The maximum absolute atomic E-state index is 12.6. The molecule has 2 saturated heterocycles. The number of anilines is 1. The number of ether oxygens (including phenoxy) is 1. The van der Waals surface area contributed by atoms with E-state index < -0.39 is 5.60 Å². The molecule has 5 heteroatoms. The van der Waals surface area contributed by atoms with E-state index in [1.165, 1.54) is 25.7 Å². The third-order valence-corrected chi connectivity index (χ3v) is 5.22. The van der Waals surface area contributed by atoms with Gasteiger partial charge in [0.1, 0.15) is 11.4 Å². The highest BCUT2D eigenvalue weighted by Crippen LogP contribution is 2.32. The number of piperidine rings is 1. The molecule has 144 valence electrons. The second-order valence-electron chi connectivity index (χ2n) is 8.54. The van der Waals surface area contributed by atoms with Crippen molar-refractivity contribution in [2.75, 3.05) is 24.5 Å². The molecular weight excluding hydrogens is 326 g/mol. The van der Waals surface area contributed by atoms with Crippen LogP contribution in [0.1, 0.15) is 77.3 Å². The number of aromatic nitrogens is 1. The van der Waals surface area contributed by atoms with Crippen LogP contribution < -0.4 is 4.90 Å². The SMILES string of the molecule is CC(C)(C)OC(=O)N1CCCC[C@@H]1c1ccc(N2CCCCCC2)nc1. The monoisotopic (exact) mass is 359 g/mol. The van der Waals surface area contributed by atoms with Crippen molar-refractivity contribution in [3.05, 3.63) is 23.9 Å². The van der Waals surface area contributed by atoms with Crippen molar-refractivity contribution in [1.29, 1.82) is 0 Å². The summed E-state index contributed by atoms with van der Waals surface area (Å²) >= 11 is 0. The Bertz CT molecular complexity index is 586. The van der Waals surface area contributed by atoms with Crippen LogP contribution in [0.4, 0.5) is 10.6 Å². The average Bonchev–Trinajstić information content (AvgIpc) is 2.90. The number of hydrogen-bond donors (Lipinski definition) is 0. The zero-order valence-corrected chi connectivity index (χ0v) is 16.5. The first-order valence-corrected chi connectivity index (χ1v) is 10.1. The van der Waals surface area contributed by atoms with Gasteiger partial charge in [-0.1, -0.05) is 18.9 Å². The van der Waals surface area contributed by atoms with Crippen LogP contribution >= 0.6 is 0 Å². The van der Waals surface area contributed by atoms with Gasteiger partial charge in [-0.2, -0.15) is 0 Å². The molecule has 1 atom stereocenters. The van der Waals surface area contributed by atoms with E-state index in [0.717, 1.165) is 50.3 Å². The van der Waals surface area contributed by atoms with Gasteiger partial charge in [-0.05, 0) is 64.5 Å². The lowest BCUT2D eigenvalue weighted by Crippen LogP contribution is -2.41. The number of rotatable bonds is 2. The molecule has 0 N–H and O–H groups in total. The lowest BCUT2D eigenvalue weighted by atomic mass is 9.97. The molecule has 0 radical (unpaired) electrons. The van der Waals surface area contributed by atoms with Gasteiger partial charge in [0, 0.05) is 25.8 Å². The Morgan fingerprint density at radius 3 is 2.35 bits per heavy atom. The minimum atomic E-state index is -0.464. The molecule has 1 amide bonds. The van der Waals surface area contributed by atoms with Crippen LogP contribution in [0.2, 0.25) is 0 Å². The molecule has 0 aliphatic carbocycles. The number of nitrogens with zero attached hydrogens (tertiary/aromatic N) is 3. The van der Waals surface area contributed by atoms with Crippen LogP contribution in [0.15, 0.2) is 18.3 Å². The molecule has 1 aromatic heterocycles. The van der Waals surface area contributed by atoms with Gasteiger partial charge in [0.15, 0.2) is 0 Å². The van der Waals surface area contributed by atoms with Gasteiger partial charge >= 0.3 is 6.09 Å². The minimum absolute atomic E-state index is 0.0734. The highest BCUT2D eigenvalue weighted by atomic mass is 16.6. The first kappa shape index (κ1) is 19.0. The summed E-state index contributed by atoms with van der Waals surface area (Å²) in [5.74, 6) is 1.07. The Morgan fingerprint density at radius 1 is 1.04 bits per heavy atom. The van der Waals surface area contributed by atoms with Crippen LogP contribution in [0.5, 0.6) is 0 Å². The maximum Gasteiger partial charge on any atom is 0.410 e. The van der Waals surface area contributed by atoms with Gasteiger partial charge in [-0.25, -0.2) is 9.78 Å². The maximum atomic E-state index is 12.6. The number of carbonyl (C=O) groups is 1. The summed E-state index contributed by atoms with van der Waals surface area (Å²) in [5, 5.41) is 0. The quantitative estimate of drug-likeness (QED) is 0.751. The zero-order chi connectivity index (χ0) is 18.6. The second kappa shape index (κ2) is 8.28. The zero-order valence-electron chi connectivity index (χ0n) is 16.5. The fraction of sp³-hybridized carbons (Fsp3) is 0.714. The number of likely N-dealkylation sites (tertiary alicyclic amines) is 1. The Labute approximate surface area is 157 Å². The summed E-state index contributed by atoms with van der Waals surface area (Å²) in [6, 6.07) is 4.35. The predicted octanol–water partition coefficient (Wildman–Crippen LogP) is 4.92. The summed E-state index contributed by atoms with van der Waals surface area (Å²) in [6.07, 6.45) is 10.0. The third-order valence-electron chi connectivity index (χ3n) is 5.22. The van der Waals surface area contributed by atoms with E-state index in [0.29, 0.717) is 0 Å². The fourth-order valence-corrected chi connectivity index (χ4v) is 3.90.